The van der Waals surface area contributed by atoms with Crippen LogP contribution in [0.25, 0.3) is 0 Å². The van der Waals surface area contributed by atoms with Gasteiger partial charge in [0.1, 0.15) is 11.7 Å². The molecule has 0 saturated heterocycles. The first-order valence-electron chi connectivity index (χ1n) is 8.07. The first-order valence-corrected chi connectivity index (χ1v) is 8.07. The number of para-hydroxylation sites is 1. The van der Waals surface area contributed by atoms with Gasteiger partial charge in [0.2, 0.25) is 5.78 Å². The lowest BCUT2D eigenvalue weighted by Gasteiger charge is -2.30. The molecule has 0 aliphatic carbocycles. The summed E-state index contributed by atoms with van der Waals surface area (Å²) in [4.78, 5) is 26.0. The van der Waals surface area contributed by atoms with Crippen molar-refractivity contribution in [3.05, 3.63) is 65.2 Å². The van der Waals surface area contributed by atoms with E-state index in [9.17, 15) is 9.59 Å². The Balaban J connectivity index is 2.16. The first-order chi connectivity index (χ1) is 12.0. The molecule has 0 spiro atoms. The Hall–Kier alpha value is -3.06. The van der Waals surface area contributed by atoms with Gasteiger partial charge in [0.25, 0.3) is 5.60 Å². The minimum absolute atomic E-state index is 0.124. The van der Waals surface area contributed by atoms with Crippen LogP contribution in [0.3, 0.4) is 0 Å². The van der Waals surface area contributed by atoms with Crippen LogP contribution in [-0.2, 0) is 9.53 Å². The average molecular weight is 334 g/mol. The van der Waals surface area contributed by atoms with E-state index < -0.39 is 23.3 Å². The normalized spacial score (nSPS) is 19.5. The lowest BCUT2D eigenvalue weighted by Crippen LogP contribution is -2.53. The maximum atomic E-state index is 13.2. The Morgan fingerprint density at radius 1 is 1.24 bits per heavy atom. The Morgan fingerprint density at radius 3 is 2.52 bits per heavy atom. The monoisotopic (exact) mass is 334 g/mol. The molecule has 2 aromatic carbocycles. The maximum Gasteiger partial charge on any atom is 0.360 e. The number of benzene rings is 2. The van der Waals surface area contributed by atoms with Gasteiger partial charge < -0.3 is 9.47 Å². The van der Waals surface area contributed by atoms with E-state index >= 15 is 0 Å². The van der Waals surface area contributed by atoms with Crippen molar-refractivity contribution in [1.82, 2.24) is 0 Å². The molecule has 0 bridgehead atoms. The van der Waals surface area contributed by atoms with E-state index in [0.29, 0.717) is 16.9 Å². The van der Waals surface area contributed by atoms with Crippen LogP contribution in [0.1, 0.15) is 34.3 Å². The van der Waals surface area contributed by atoms with Crippen LogP contribution in [0.4, 0.5) is 0 Å². The van der Waals surface area contributed by atoms with E-state index in [2.05, 4.69) is 5.92 Å². The third kappa shape index (κ3) is 2.58. The zero-order valence-electron chi connectivity index (χ0n) is 14.1. The Bertz CT molecular complexity index is 860. The number of ketones is 1. The van der Waals surface area contributed by atoms with Gasteiger partial charge in [-0.25, -0.2) is 4.79 Å². The van der Waals surface area contributed by atoms with Crippen molar-refractivity contribution in [2.45, 2.75) is 25.4 Å². The largest absolute Gasteiger partial charge is 0.465 e. The van der Waals surface area contributed by atoms with Gasteiger partial charge in [-0.05, 0) is 31.5 Å². The van der Waals surface area contributed by atoms with Crippen molar-refractivity contribution in [1.29, 1.82) is 0 Å². The van der Waals surface area contributed by atoms with Crippen molar-refractivity contribution in [2.75, 3.05) is 6.61 Å². The minimum Gasteiger partial charge on any atom is -0.465 e. The summed E-state index contributed by atoms with van der Waals surface area (Å²) in [5, 5.41) is 0. The number of hydrogen-bond donors (Lipinski definition) is 0. The van der Waals surface area contributed by atoms with E-state index in [-0.39, 0.29) is 6.61 Å². The predicted octanol–water partition coefficient (Wildman–Crippen LogP) is 3.29. The molecule has 126 valence electrons. The molecular formula is C21H18O4. The number of fused-ring (bicyclic) bond motifs is 1. The third-order valence-corrected chi connectivity index (χ3v) is 4.30. The molecule has 0 aromatic heterocycles. The molecule has 3 rings (SSSR count). The number of rotatable bonds is 4. The number of carbonyl (C=O) groups is 2. The van der Waals surface area contributed by atoms with Gasteiger partial charge >= 0.3 is 5.97 Å². The van der Waals surface area contributed by atoms with Crippen LogP contribution in [0.15, 0.2) is 48.5 Å². The first kappa shape index (κ1) is 16.8. The van der Waals surface area contributed by atoms with Gasteiger partial charge in [-0.1, -0.05) is 47.9 Å². The Morgan fingerprint density at radius 2 is 1.92 bits per heavy atom. The summed E-state index contributed by atoms with van der Waals surface area (Å²) in [6, 6.07) is 14.1. The van der Waals surface area contributed by atoms with Crippen LogP contribution in [0, 0.1) is 19.3 Å². The molecule has 4 nitrogen and oxygen atoms in total. The van der Waals surface area contributed by atoms with Crippen LogP contribution in [0.5, 0.6) is 5.75 Å². The fourth-order valence-electron chi connectivity index (χ4n) is 3.05. The highest BCUT2D eigenvalue weighted by atomic mass is 16.6. The second-order valence-electron chi connectivity index (χ2n) is 5.89. The van der Waals surface area contributed by atoms with E-state index in [1.54, 1.807) is 43.3 Å². The highest BCUT2D eigenvalue weighted by Gasteiger charge is 2.60. The molecule has 1 aliphatic rings. The molecule has 1 aliphatic heterocycles. The zero-order chi connectivity index (χ0) is 18.0. The fraction of sp³-hybridized carbons (Fsp3) is 0.238. The van der Waals surface area contributed by atoms with Crippen LogP contribution in [-0.4, -0.2) is 24.0 Å². The third-order valence-electron chi connectivity index (χ3n) is 4.30. The Kier molecular flexibility index (Phi) is 4.33. The molecule has 0 N–H and O–H groups in total. The van der Waals surface area contributed by atoms with Gasteiger partial charge in [0.15, 0.2) is 0 Å². The van der Waals surface area contributed by atoms with E-state index in [0.717, 1.165) is 5.56 Å². The molecule has 0 amide bonds. The lowest BCUT2D eigenvalue weighted by molar-refractivity contribution is -0.157. The zero-order valence-corrected chi connectivity index (χ0v) is 14.1. The second-order valence-corrected chi connectivity index (χ2v) is 5.89. The average Bonchev–Trinajstić information content (AvgIpc) is 2.92. The summed E-state index contributed by atoms with van der Waals surface area (Å²) in [5.41, 5.74) is 0.140. The van der Waals surface area contributed by atoms with Crippen molar-refractivity contribution in [3.63, 3.8) is 0 Å². The van der Waals surface area contributed by atoms with Gasteiger partial charge in [-0.15, -0.1) is 6.42 Å². The number of Topliss-reactive ketones (excluding diaryl/α,β-unsaturated/α-hetero) is 1. The predicted molar refractivity (Wildman–Crippen MR) is 93.5 cm³/mol. The summed E-state index contributed by atoms with van der Waals surface area (Å²) in [5.74, 6) is 0.791. The molecular weight excluding hydrogens is 316 g/mol. The molecule has 0 radical (unpaired) electrons. The highest BCUT2D eigenvalue weighted by Crippen LogP contribution is 2.43. The van der Waals surface area contributed by atoms with Gasteiger partial charge in [0.05, 0.1) is 12.2 Å². The summed E-state index contributed by atoms with van der Waals surface area (Å²) in [6.07, 6.45) is 5.75. The smallest absolute Gasteiger partial charge is 0.360 e. The quantitative estimate of drug-likeness (QED) is 0.489. The number of terminal acetylenes is 1. The number of carbonyl (C=O) groups excluding carboxylic acids is 2. The van der Waals surface area contributed by atoms with Crippen LogP contribution >= 0.6 is 0 Å². The number of hydrogen-bond acceptors (Lipinski definition) is 4. The fourth-order valence-corrected chi connectivity index (χ4v) is 3.05. The van der Waals surface area contributed by atoms with E-state index in [4.69, 9.17) is 15.9 Å². The minimum atomic E-state index is -1.90. The van der Waals surface area contributed by atoms with Gasteiger partial charge in [-0.2, -0.15) is 0 Å². The SMILES string of the molecule is C#C[C@H](c1ccc(C)cc1)[C@@]1(C(=O)OCC)Oc2ccccc2C1=O. The van der Waals surface area contributed by atoms with Crippen molar-refractivity contribution < 1.29 is 19.1 Å². The molecule has 25 heavy (non-hydrogen) atoms. The van der Waals surface area contributed by atoms with Crippen LogP contribution in [0.2, 0.25) is 0 Å². The molecule has 2 aromatic rings. The van der Waals surface area contributed by atoms with Crippen molar-refractivity contribution in [3.8, 4) is 18.1 Å². The number of aryl methyl sites for hydroxylation is 1. The lowest BCUT2D eigenvalue weighted by atomic mass is 9.78. The number of ether oxygens (including phenoxy) is 2. The Labute approximate surface area is 146 Å². The summed E-state index contributed by atoms with van der Waals surface area (Å²) < 4.78 is 11.1. The highest BCUT2D eigenvalue weighted by molar-refractivity contribution is 6.20. The van der Waals surface area contributed by atoms with Gasteiger partial charge in [0, 0.05) is 0 Å². The number of esters is 1. The molecule has 0 unspecified atom stereocenters. The van der Waals surface area contributed by atoms with Gasteiger partial charge in [-0.3, -0.25) is 4.79 Å². The standard InChI is InChI=1S/C21H18O4/c1-4-17(15-12-10-14(3)11-13-15)21(20(23)24-5-2)19(22)16-8-6-7-9-18(16)25-21/h1,6-13,17H,5H2,2-3H3/t17-,21-/m1/s1. The van der Waals surface area contributed by atoms with Crippen molar-refractivity contribution >= 4 is 11.8 Å². The van der Waals surface area contributed by atoms with Crippen molar-refractivity contribution in [2.24, 2.45) is 0 Å². The van der Waals surface area contributed by atoms with E-state index in [1.165, 1.54) is 0 Å². The summed E-state index contributed by atoms with van der Waals surface area (Å²) in [7, 11) is 0. The van der Waals surface area contributed by atoms with Crippen LogP contribution < -0.4 is 4.74 Å². The molecule has 4 heteroatoms. The maximum absolute atomic E-state index is 13.2. The molecule has 0 saturated carbocycles. The summed E-state index contributed by atoms with van der Waals surface area (Å²) >= 11 is 0. The summed E-state index contributed by atoms with van der Waals surface area (Å²) in [6.45, 7) is 3.75. The molecule has 2 atom stereocenters. The molecule has 0 fully saturated rings. The second kappa shape index (κ2) is 6.45. The molecule has 1 heterocycles. The van der Waals surface area contributed by atoms with E-state index in [1.807, 2.05) is 19.1 Å². The topological polar surface area (TPSA) is 52.6 Å².